The second kappa shape index (κ2) is 18.4. The molecular formula is C26H46O. The minimum Gasteiger partial charge on any atom is -0.494 e. The predicted octanol–water partition coefficient (Wildman–Crippen LogP) is 8.96. The normalized spacial score (nSPS) is 12.2. The lowest BCUT2D eigenvalue weighted by Gasteiger charge is -2.10. The molecule has 1 heteroatoms. The molecule has 0 saturated heterocycles. The van der Waals surface area contributed by atoms with E-state index >= 15 is 0 Å². The summed E-state index contributed by atoms with van der Waals surface area (Å²) < 4.78 is 5.74. The minimum atomic E-state index is 0.862. The molecule has 1 aromatic rings. The SMILES string of the molecule is CCCCCCC(C)CCCCCCCCCCCCOc1ccccc1. The molecule has 1 atom stereocenters. The molecule has 0 bridgehead atoms. The van der Waals surface area contributed by atoms with Gasteiger partial charge in [-0.1, -0.05) is 128 Å². The zero-order chi connectivity index (χ0) is 19.4. The van der Waals surface area contributed by atoms with E-state index in [2.05, 4.69) is 13.8 Å². The maximum absolute atomic E-state index is 5.74. The van der Waals surface area contributed by atoms with Gasteiger partial charge in [-0.15, -0.1) is 0 Å². The highest BCUT2D eigenvalue weighted by atomic mass is 16.5. The van der Waals surface area contributed by atoms with Gasteiger partial charge in [0.05, 0.1) is 6.61 Å². The summed E-state index contributed by atoms with van der Waals surface area (Å²) in [5.41, 5.74) is 0. The van der Waals surface area contributed by atoms with E-state index in [0.717, 1.165) is 18.3 Å². The molecule has 27 heavy (non-hydrogen) atoms. The lowest BCUT2D eigenvalue weighted by Crippen LogP contribution is -1.96. The monoisotopic (exact) mass is 374 g/mol. The topological polar surface area (TPSA) is 9.23 Å². The molecule has 0 amide bonds. The van der Waals surface area contributed by atoms with Crippen LogP contribution in [0.25, 0.3) is 0 Å². The minimum absolute atomic E-state index is 0.862. The van der Waals surface area contributed by atoms with Crippen LogP contribution < -0.4 is 4.74 Å². The highest BCUT2D eigenvalue weighted by Gasteiger charge is 2.02. The first-order chi connectivity index (χ1) is 13.3. The van der Waals surface area contributed by atoms with E-state index in [1.807, 2.05) is 30.3 Å². The van der Waals surface area contributed by atoms with Crippen molar-refractivity contribution in [3.8, 4) is 5.75 Å². The van der Waals surface area contributed by atoms with E-state index in [1.165, 1.54) is 103 Å². The van der Waals surface area contributed by atoms with Gasteiger partial charge in [-0.2, -0.15) is 0 Å². The van der Waals surface area contributed by atoms with E-state index in [0.29, 0.717) is 0 Å². The molecule has 0 saturated carbocycles. The summed E-state index contributed by atoms with van der Waals surface area (Å²) in [4.78, 5) is 0. The Kier molecular flexibility index (Phi) is 16.4. The molecular weight excluding hydrogens is 328 g/mol. The van der Waals surface area contributed by atoms with Gasteiger partial charge < -0.3 is 4.74 Å². The first kappa shape index (κ1) is 24.1. The molecule has 156 valence electrons. The van der Waals surface area contributed by atoms with Gasteiger partial charge in [-0.3, -0.25) is 0 Å². The molecule has 1 unspecified atom stereocenters. The van der Waals surface area contributed by atoms with Gasteiger partial charge in [-0.25, -0.2) is 0 Å². The largest absolute Gasteiger partial charge is 0.494 e. The van der Waals surface area contributed by atoms with Crippen molar-refractivity contribution in [1.82, 2.24) is 0 Å². The second-order valence-electron chi connectivity index (χ2n) is 8.44. The van der Waals surface area contributed by atoms with Crippen molar-refractivity contribution in [1.29, 1.82) is 0 Å². The van der Waals surface area contributed by atoms with E-state index in [9.17, 15) is 0 Å². The average Bonchev–Trinajstić information content (AvgIpc) is 2.69. The highest BCUT2D eigenvalue weighted by Crippen LogP contribution is 2.18. The van der Waals surface area contributed by atoms with Crippen LogP contribution in [0.3, 0.4) is 0 Å². The Morgan fingerprint density at radius 3 is 1.67 bits per heavy atom. The zero-order valence-electron chi connectivity index (χ0n) is 18.4. The molecule has 0 fully saturated rings. The number of rotatable bonds is 19. The molecule has 0 heterocycles. The van der Waals surface area contributed by atoms with Crippen LogP contribution in [0.1, 0.15) is 117 Å². The Bertz CT molecular complexity index is 400. The van der Waals surface area contributed by atoms with Crippen molar-refractivity contribution in [3.05, 3.63) is 30.3 Å². The van der Waals surface area contributed by atoms with Crippen LogP contribution in [0.2, 0.25) is 0 Å². The number of benzene rings is 1. The van der Waals surface area contributed by atoms with Gasteiger partial charge >= 0.3 is 0 Å². The van der Waals surface area contributed by atoms with E-state index in [-0.39, 0.29) is 0 Å². The third-order valence-corrected chi connectivity index (χ3v) is 5.65. The summed E-state index contributed by atoms with van der Waals surface area (Å²) in [6.07, 6.45) is 22.5. The third kappa shape index (κ3) is 15.7. The summed E-state index contributed by atoms with van der Waals surface area (Å²) in [6, 6.07) is 10.2. The fourth-order valence-electron chi connectivity index (χ4n) is 3.78. The summed E-state index contributed by atoms with van der Waals surface area (Å²) >= 11 is 0. The van der Waals surface area contributed by atoms with Crippen LogP contribution in [-0.2, 0) is 0 Å². The molecule has 0 N–H and O–H groups in total. The van der Waals surface area contributed by atoms with Crippen LogP contribution in [-0.4, -0.2) is 6.61 Å². The molecule has 0 aliphatic rings. The lowest BCUT2D eigenvalue weighted by molar-refractivity contribution is 0.304. The van der Waals surface area contributed by atoms with Crippen molar-refractivity contribution in [2.24, 2.45) is 5.92 Å². The molecule has 0 spiro atoms. The van der Waals surface area contributed by atoms with Crippen LogP contribution in [0.5, 0.6) is 5.75 Å². The van der Waals surface area contributed by atoms with Crippen LogP contribution >= 0.6 is 0 Å². The molecule has 0 aliphatic heterocycles. The van der Waals surface area contributed by atoms with Crippen LogP contribution in [0, 0.1) is 5.92 Å². The lowest BCUT2D eigenvalue weighted by atomic mass is 9.96. The van der Waals surface area contributed by atoms with Gasteiger partial charge in [-0.05, 0) is 24.5 Å². The van der Waals surface area contributed by atoms with E-state index in [4.69, 9.17) is 4.74 Å². The fourth-order valence-corrected chi connectivity index (χ4v) is 3.78. The number of hydrogen-bond donors (Lipinski definition) is 0. The maximum atomic E-state index is 5.74. The molecule has 0 aliphatic carbocycles. The van der Waals surface area contributed by atoms with Crippen molar-refractivity contribution < 1.29 is 4.74 Å². The van der Waals surface area contributed by atoms with Gasteiger partial charge in [0, 0.05) is 0 Å². The van der Waals surface area contributed by atoms with Crippen molar-refractivity contribution in [2.75, 3.05) is 6.61 Å². The van der Waals surface area contributed by atoms with Gasteiger partial charge in [0.25, 0.3) is 0 Å². The third-order valence-electron chi connectivity index (χ3n) is 5.65. The maximum Gasteiger partial charge on any atom is 0.119 e. The van der Waals surface area contributed by atoms with Crippen LogP contribution in [0.15, 0.2) is 30.3 Å². The molecule has 1 rings (SSSR count). The van der Waals surface area contributed by atoms with Crippen LogP contribution in [0.4, 0.5) is 0 Å². The molecule has 1 aromatic carbocycles. The summed E-state index contributed by atoms with van der Waals surface area (Å²) in [7, 11) is 0. The first-order valence-electron chi connectivity index (χ1n) is 12.0. The highest BCUT2D eigenvalue weighted by molar-refractivity contribution is 5.20. The fraction of sp³-hybridized carbons (Fsp3) is 0.769. The molecule has 1 nitrogen and oxygen atoms in total. The Labute approximate surface area is 170 Å². The van der Waals surface area contributed by atoms with Gasteiger partial charge in [0.1, 0.15) is 5.75 Å². The first-order valence-corrected chi connectivity index (χ1v) is 12.0. The summed E-state index contributed by atoms with van der Waals surface area (Å²) in [5, 5.41) is 0. The number of para-hydroxylation sites is 1. The zero-order valence-corrected chi connectivity index (χ0v) is 18.4. The smallest absolute Gasteiger partial charge is 0.119 e. The summed E-state index contributed by atoms with van der Waals surface area (Å²) in [5.74, 6) is 1.95. The number of hydrogen-bond acceptors (Lipinski definition) is 1. The quantitative estimate of drug-likeness (QED) is 0.219. The Hall–Kier alpha value is -0.980. The van der Waals surface area contributed by atoms with Gasteiger partial charge in [0.2, 0.25) is 0 Å². The summed E-state index contributed by atoms with van der Waals surface area (Å²) in [6.45, 7) is 5.61. The Morgan fingerprint density at radius 2 is 1.11 bits per heavy atom. The Balaban J connectivity index is 1.74. The van der Waals surface area contributed by atoms with Crippen molar-refractivity contribution >= 4 is 0 Å². The Morgan fingerprint density at radius 1 is 0.630 bits per heavy atom. The van der Waals surface area contributed by atoms with Crippen molar-refractivity contribution in [2.45, 2.75) is 117 Å². The molecule has 0 radical (unpaired) electrons. The second-order valence-corrected chi connectivity index (χ2v) is 8.44. The number of unbranched alkanes of at least 4 members (excludes halogenated alkanes) is 12. The van der Waals surface area contributed by atoms with Gasteiger partial charge in [0.15, 0.2) is 0 Å². The van der Waals surface area contributed by atoms with Crippen molar-refractivity contribution in [3.63, 3.8) is 0 Å². The predicted molar refractivity (Wildman–Crippen MR) is 121 cm³/mol. The average molecular weight is 375 g/mol. The number of ether oxygens (including phenoxy) is 1. The van der Waals surface area contributed by atoms with E-state index in [1.54, 1.807) is 0 Å². The molecule has 0 aromatic heterocycles. The standard InChI is InChI=1S/C26H46O/c1-3-4-5-15-20-25(2)21-16-12-10-8-6-7-9-11-13-19-24-27-26-22-17-14-18-23-26/h14,17-18,22-23,25H,3-13,15-16,19-21,24H2,1-2H3. The van der Waals surface area contributed by atoms with E-state index < -0.39 is 0 Å².